The minimum Gasteiger partial charge on any atom is -0.484 e. The fraction of sp³-hybridized carbons (Fsp3) is 0.238. The highest BCUT2D eigenvalue weighted by Crippen LogP contribution is 2.36. The summed E-state index contributed by atoms with van der Waals surface area (Å²) in [6.07, 6.45) is -1.74. The molecule has 192 valence electrons. The number of methoxy groups -OCH3 is 1. The lowest BCUT2D eigenvalue weighted by atomic mass is 10.0. The first kappa shape index (κ1) is 26.5. The summed E-state index contributed by atoms with van der Waals surface area (Å²) >= 11 is 5.86. The average molecular weight is 532 g/mol. The number of rotatable bonds is 8. The number of carbonyl (C=O) groups is 2. The number of ether oxygens (including phenoxy) is 2. The summed E-state index contributed by atoms with van der Waals surface area (Å²) in [4.78, 5) is 27.9. The largest absolute Gasteiger partial charge is 0.484 e. The normalized spacial score (nSPS) is 11.7. The van der Waals surface area contributed by atoms with Gasteiger partial charge in [-0.3, -0.25) is 15.2 Å². The molecule has 15 heteroatoms. The molecule has 0 bridgehead atoms. The van der Waals surface area contributed by atoms with Gasteiger partial charge in [-0.25, -0.2) is 27.8 Å². The molecule has 1 aromatic carbocycles. The fourth-order valence-corrected chi connectivity index (χ4v) is 3.13. The summed E-state index contributed by atoms with van der Waals surface area (Å²) in [5.41, 5.74) is 3.79. The molecule has 0 fully saturated rings. The molecular weight excluding hydrogens is 514 g/mol. The molecule has 1 unspecified atom stereocenters. The molecule has 1 atom stereocenters. The molecule has 2 heterocycles. The van der Waals surface area contributed by atoms with Crippen LogP contribution in [0.1, 0.15) is 29.2 Å². The molecule has 3 amide bonds. The lowest BCUT2D eigenvalue weighted by Gasteiger charge is -2.17. The van der Waals surface area contributed by atoms with Crippen LogP contribution in [-0.2, 0) is 0 Å². The van der Waals surface area contributed by atoms with Crippen LogP contribution in [0.2, 0.25) is 5.02 Å². The second-order valence-corrected chi connectivity index (χ2v) is 7.50. The van der Waals surface area contributed by atoms with Crippen molar-refractivity contribution in [2.24, 2.45) is 0 Å². The van der Waals surface area contributed by atoms with Gasteiger partial charge in [0, 0.05) is 22.3 Å². The van der Waals surface area contributed by atoms with Crippen LogP contribution in [0.25, 0.3) is 11.1 Å². The maximum absolute atomic E-state index is 14.8. The van der Waals surface area contributed by atoms with E-state index in [1.807, 2.05) is 5.43 Å². The highest BCUT2D eigenvalue weighted by atomic mass is 35.5. The Morgan fingerprint density at radius 1 is 1.14 bits per heavy atom. The molecule has 0 aliphatic carbocycles. The number of halogens is 5. The van der Waals surface area contributed by atoms with Crippen LogP contribution in [0, 0.1) is 11.6 Å². The molecule has 36 heavy (non-hydrogen) atoms. The van der Waals surface area contributed by atoms with Gasteiger partial charge in [-0.1, -0.05) is 11.6 Å². The maximum atomic E-state index is 14.8. The highest BCUT2D eigenvalue weighted by Gasteiger charge is 2.21. The Morgan fingerprint density at radius 3 is 2.53 bits per heavy atom. The van der Waals surface area contributed by atoms with Crippen LogP contribution in [0.3, 0.4) is 0 Å². The minimum absolute atomic E-state index is 0.00619. The number of alkyl halides is 2. The molecule has 0 radical (unpaired) electrons. The van der Waals surface area contributed by atoms with E-state index in [0.717, 1.165) is 18.3 Å². The van der Waals surface area contributed by atoms with E-state index in [2.05, 4.69) is 20.9 Å². The fourth-order valence-electron chi connectivity index (χ4n) is 2.92. The lowest BCUT2D eigenvalue weighted by molar-refractivity contribution is 0.0802. The molecule has 0 aliphatic heterocycles. The van der Waals surface area contributed by atoms with Crippen LogP contribution in [-0.4, -0.2) is 42.2 Å². The van der Waals surface area contributed by atoms with Crippen molar-refractivity contribution in [3.63, 3.8) is 0 Å². The third-order valence-corrected chi connectivity index (χ3v) is 4.73. The Morgan fingerprint density at radius 2 is 1.89 bits per heavy atom. The van der Waals surface area contributed by atoms with Crippen molar-refractivity contribution in [1.29, 1.82) is 0 Å². The Hall–Kier alpha value is -4.07. The average Bonchev–Trinajstić information content (AvgIpc) is 3.30. The topological polar surface area (TPSA) is 128 Å². The predicted octanol–water partition coefficient (Wildman–Crippen LogP) is 4.03. The molecular formula is C21H18ClF4N5O5. The monoisotopic (exact) mass is 531 g/mol. The van der Waals surface area contributed by atoms with Gasteiger partial charge in [0.15, 0.2) is 11.6 Å². The van der Waals surface area contributed by atoms with Gasteiger partial charge >= 0.3 is 11.9 Å². The van der Waals surface area contributed by atoms with Crippen LogP contribution >= 0.6 is 11.6 Å². The zero-order valence-electron chi connectivity index (χ0n) is 18.6. The first-order valence-electron chi connectivity index (χ1n) is 10.0. The van der Waals surface area contributed by atoms with Crippen molar-refractivity contribution >= 4 is 23.5 Å². The van der Waals surface area contributed by atoms with Gasteiger partial charge in [-0.05, 0) is 30.3 Å². The number of hydrogen-bond acceptors (Lipinski definition) is 7. The van der Waals surface area contributed by atoms with E-state index in [4.69, 9.17) is 25.6 Å². The number of pyridine rings is 1. The van der Waals surface area contributed by atoms with Crippen LogP contribution < -0.4 is 25.6 Å². The van der Waals surface area contributed by atoms with E-state index in [0.29, 0.717) is 0 Å². The minimum atomic E-state index is -2.87. The number of hydrogen-bond donors (Lipinski definition) is 3. The zero-order valence-corrected chi connectivity index (χ0v) is 19.3. The van der Waals surface area contributed by atoms with Crippen molar-refractivity contribution in [3.8, 4) is 22.8 Å². The molecule has 0 spiro atoms. The smallest absolute Gasteiger partial charge is 0.334 e. The zero-order chi connectivity index (χ0) is 26.4. The standard InChI is InChI=1S/C21H18ClF4N5O5/c1-9(28-21(33)30-29-20(32)15-6-17(34-2)31-36-15)18-13(23)3-10(7-27-18)12-4-11(22)5-14(24)19(12)35-8-16(25)26/h3-7,9,16H,8H2,1-2H3,(H,29,32)(H2,28,30,33). The number of hydrazine groups is 1. The summed E-state index contributed by atoms with van der Waals surface area (Å²) in [6.45, 7) is 0.320. The van der Waals surface area contributed by atoms with E-state index in [-0.39, 0.29) is 33.5 Å². The van der Waals surface area contributed by atoms with Gasteiger partial charge in [-0.2, -0.15) is 0 Å². The Bertz CT molecular complexity index is 1260. The molecule has 10 nitrogen and oxygen atoms in total. The maximum Gasteiger partial charge on any atom is 0.334 e. The summed E-state index contributed by atoms with van der Waals surface area (Å²) in [6, 6.07) is 2.32. The number of nitrogens with zero attached hydrogens (tertiary/aromatic N) is 2. The van der Waals surface area contributed by atoms with Gasteiger partial charge in [-0.15, -0.1) is 0 Å². The Kier molecular flexibility index (Phi) is 8.53. The quantitative estimate of drug-likeness (QED) is 0.296. The van der Waals surface area contributed by atoms with Crippen molar-refractivity contribution in [3.05, 3.63) is 58.6 Å². The molecule has 0 aliphatic rings. The SMILES string of the molecule is COc1cc(C(=O)NNC(=O)NC(C)c2ncc(-c3cc(Cl)cc(F)c3OCC(F)F)cc2F)on1. The van der Waals surface area contributed by atoms with Gasteiger partial charge in [0.2, 0.25) is 5.76 Å². The van der Waals surface area contributed by atoms with E-state index in [9.17, 15) is 27.2 Å². The van der Waals surface area contributed by atoms with Gasteiger partial charge < -0.3 is 19.3 Å². The first-order valence-corrected chi connectivity index (χ1v) is 10.4. The molecule has 3 aromatic rings. The van der Waals surface area contributed by atoms with E-state index in [1.54, 1.807) is 0 Å². The third-order valence-electron chi connectivity index (χ3n) is 4.51. The highest BCUT2D eigenvalue weighted by molar-refractivity contribution is 6.31. The van der Waals surface area contributed by atoms with E-state index in [1.165, 1.54) is 26.2 Å². The van der Waals surface area contributed by atoms with Crippen LogP contribution in [0.15, 0.2) is 35.0 Å². The Balaban J connectivity index is 1.69. The second kappa shape index (κ2) is 11.6. The number of nitrogens with one attached hydrogen (secondary N) is 3. The molecule has 0 saturated carbocycles. The molecule has 3 N–H and O–H groups in total. The first-order chi connectivity index (χ1) is 17.1. The summed E-state index contributed by atoms with van der Waals surface area (Å²) in [5.74, 6) is -3.48. The van der Waals surface area contributed by atoms with E-state index < -0.39 is 48.4 Å². The molecule has 3 rings (SSSR count). The number of carbonyl (C=O) groups excluding carboxylic acids is 2. The summed E-state index contributed by atoms with van der Waals surface area (Å²) in [5, 5.41) is 5.72. The van der Waals surface area contributed by atoms with Crippen molar-refractivity contribution in [2.45, 2.75) is 19.4 Å². The third kappa shape index (κ3) is 6.53. The number of amides is 3. The van der Waals surface area contributed by atoms with Gasteiger partial charge in [0.1, 0.15) is 12.4 Å². The number of aromatic nitrogens is 2. The number of urea groups is 1. The van der Waals surface area contributed by atoms with Crippen molar-refractivity contribution < 1.29 is 41.1 Å². The van der Waals surface area contributed by atoms with E-state index >= 15 is 0 Å². The second-order valence-electron chi connectivity index (χ2n) is 7.07. The summed E-state index contributed by atoms with van der Waals surface area (Å²) < 4.78 is 68.6. The number of benzene rings is 1. The predicted molar refractivity (Wildman–Crippen MR) is 117 cm³/mol. The summed E-state index contributed by atoms with van der Waals surface area (Å²) in [7, 11) is 1.32. The Labute approximate surface area is 205 Å². The van der Waals surface area contributed by atoms with Crippen LogP contribution in [0.4, 0.5) is 22.4 Å². The van der Waals surface area contributed by atoms with Gasteiger partial charge in [0.25, 0.3) is 12.3 Å². The molecule has 0 saturated heterocycles. The van der Waals surface area contributed by atoms with Crippen molar-refractivity contribution in [2.75, 3.05) is 13.7 Å². The van der Waals surface area contributed by atoms with Crippen molar-refractivity contribution in [1.82, 2.24) is 26.3 Å². The van der Waals surface area contributed by atoms with Gasteiger partial charge in [0.05, 0.1) is 24.9 Å². The molecule has 2 aromatic heterocycles. The lowest BCUT2D eigenvalue weighted by Crippen LogP contribution is -2.47. The van der Waals surface area contributed by atoms with Crippen LogP contribution in [0.5, 0.6) is 11.6 Å².